The Balaban J connectivity index is 2.73. The predicted molar refractivity (Wildman–Crippen MR) is 56.9 cm³/mol. The SMILES string of the molecule is Cc1ccc(/C=C/C=C/C(=O)O)cc1F. The van der Waals surface area contributed by atoms with Crippen LogP contribution in [0.4, 0.5) is 4.39 Å². The van der Waals surface area contributed by atoms with Crippen LogP contribution in [0.15, 0.2) is 36.4 Å². The Morgan fingerprint density at radius 1 is 1.40 bits per heavy atom. The van der Waals surface area contributed by atoms with Crippen molar-refractivity contribution in [2.45, 2.75) is 6.92 Å². The van der Waals surface area contributed by atoms with E-state index in [1.54, 1.807) is 31.2 Å². The molecule has 0 saturated heterocycles. The Kier molecular flexibility index (Phi) is 3.80. The Bertz CT molecular complexity index is 420. The van der Waals surface area contributed by atoms with E-state index in [1.807, 2.05) is 0 Å². The van der Waals surface area contributed by atoms with E-state index >= 15 is 0 Å². The summed E-state index contributed by atoms with van der Waals surface area (Å²) in [5.74, 6) is -1.27. The van der Waals surface area contributed by atoms with Crippen molar-refractivity contribution in [3.05, 3.63) is 53.4 Å². The highest BCUT2D eigenvalue weighted by atomic mass is 19.1. The predicted octanol–water partition coefficient (Wildman–Crippen LogP) is 2.79. The van der Waals surface area contributed by atoms with E-state index in [-0.39, 0.29) is 5.82 Å². The number of benzene rings is 1. The zero-order chi connectivity index (χ0) is 11.3. The van der Waals surface area contributed by atoms with Crippen molar-refractivity contribution in [2.75, 3.05) is 0 Å². The van der Waals surface area contributed by atoms with E-state index < -0.39 is 5.97 Å². The molecule has 0 unspecified atom stereocenters. The molecule has 78 valence electrons. The summed E-state index contributed by atoms with van der Waals surface area (Å²) < 4.78 is 13.1. The summed E-state index contributed by atoms with van der Waals surface area (Å²) in [6.07, 6.45) is 5.60. The van der Waals surface area contributed by atoms with Crippen molar-refractivity contribution in [2.24, 2.45) is 0 Å². The smallest absolute Gasteiger partial charge is 0.328 e. The molecule has 1 aromatic rings. The Labute approximate surface area is 87.4 Å². The Morgan fingerprint density at radius 3 is 2.73 bits per heavy atom. The molecule has 0 heterocycles. The fraction of sp³-hybridized carbons (Fsp3) is 0.0833. The fourth-order valence-electron chi connectivity index (χ4n) is 1.02. The number of aryl methyl sites for hydroxylation is 1. The highest BCUT2D eigenvalue weighted by Gasteiger charge is 1.95. The molecule has 0 atom stereocenters. The van der Waals surface area contributed by atoms with Crippen LogP contribution < -0.4 is 0 Å². The molecule has 0 aliphatic heterocycles. The lowest BCUT2D eigenvalue weighted by Crippen LogP contribution is -1.84. The van der Waals surface area contributed by atoms with Gasteiger partial charge >= 0.3 is 5.97 Å². The van der Waals surface area contributed by atoms with Gasteiger partial charge in [0.1, 0.15) is 5.82 Å². The van der Waals surface area contributed by atoms with Gasteiger partial charge < -0.3 is 5.11 Å². The standard InChI is InChI=1S/C12H11FO2/c1-9-6-7-10(8-11(9)13)4-2-3-5-12(14)15/h2-8H,1H3,(H,14,15)/b4-2+,5-3+. The molecule has 15 heavy (non-hydrogen) atoms. The Hall–Kier alpha value is -1.90. The van der Waals surface area contributed by atoms with Crippen LogP contribution in [0.5, 0.6) is 0 Å². The zero-order valence-electron chi connectivity index (χ0n) is 8.27. The van der Waals surface area contributed by atoms with Crippen LogP contribution in [-0.4, -0.2) is 11.1 Å². The van der Waals surface area contributed by atoms with E-state index in [0.29, 0.717) is 11.1 Å². The van der Waals surface area contributed by atoms with Crippen LogP contribution in [-0.2, 0) is 4.79 Å². The lowest BCUT2D eigenvalue weighted by atomic mass is 10.1. The normalized spacial score (nSPS) is 11.3. The summed E-state index contributed by atoms with van der Waals surface area (Å²) in [6, 6.07) is 4.85. The molecule has 0 radical (unpaired) electrons. The third-order valence-electron chi connectivity index (χ3n) is 1.83. The minimum absolute atomic E-state index is 0.264. The minimum Gasteiger partial charge on any atom is -0.478 e. The van der Waals surface area contributed by atoms with Crippen molar-refractivity contribution in [3.63, 3.8) is 0 Å². The molecule has 0 bridgehead atoms. The summed E-state index contributed by atoms with van der Waals surface area (Å²) in [4.78, 5) is 10.1. The molecule has 1 aromatic carbocycles. The minimum atomic E-state index is -1.00. The molecular formula is C12H11FO2. The maximum atomic E-state index is 13.1. The number of halogens is 1. The second-order valence-corrected chi connectivity index (χ2v) is 3.07. The lowest BCUT2D eigenvalue weighted by molar-refractivity contribution is -0.131. The molecule has 3 heteroatoms. The fourth-order valence-corrected chi connectivity index (χ4v) is 1.02. The van der Waals surface area contributed by atoms with E-state index in [0.717, 1.165) is 6.08 Å². The first-order valence-corrected chi connectivity index (χ1v) is 4.43. The van der Waals surface area contributed by atoms with Gasteiger partial charge in [0.15, 0.2) is 0 Å². The summed E-state index contributed by atoms with van der Waals surface area (Å²) >= 11 is 0. The van der Waals surface area contributed by atoms with Gasteiger partial charge in [0, 0.05) is 6.08 Å². The second-order valence-electron chi connectivity index (χ2n) is 3.07. The molecule has 1 N–H and O–H groups in total. The highest BCUT2D eigenvalue weighted by molar-refractivity contribution is 5.80. The largest absolute Gasteiger partial charge is 0.478 e. The van der Waals surface area contributed by atoms with E-state index in [2.05, 4.69) is 0 Å². The van der Waals surface area contributed by atoms with Crippen molar-refractivity contribution in [1.82, 2.24) is 0 Å². The number of rotatable bonds is 3. The average Bonchev–Trinajstić information content (AvgIpc) is 2.18. The number of allylic oxidation sites excluding steroid dienone is 2. The molecule has 1 rings (SSSR count). The highest BCUT2D eigenvalue weighted by Crippen LogP contribution is 2.10. The van der Waals surface area contributed by atoms with Crippen LogP contribution >= 0.6 is 0 Å². The van der Waals surface area contributed by atoms with Crippen molar-refractivity contribution >= 4 is 12.0 Å². The maximum Gasteiger partial charge on any atom is 0.328 e. The van der Waals surface area contributed by atoms with Gasteiger partial charge in [-0.3, -0.25) is 0 Å². The molecule has 0 fully saturated rings. The summed E-state index contributed by atoms with van der Waals surface area (Å²) in [7, 11) is 0. The van der Waals surface area contributed by atoms with Crippen LogP contribution in [0.1, 0.15) is 11.1 Å². The van der Waals surface area contributed by atoms with Crippen LogP contribution in [0.2, 0.25) is 0 Å². The van der Waals surface area contributed by atoms with Crippen LogP contribution in [0.25, 0.3) is 6.08 Å². The number of carboxylic acids is 1. The number of carboxylic acid groups (broad SMARTS) is 1. The van der Waals surface area contributed by atoms with Gasteiger partial charge in [0.25, 0.3) is 0 Å². The van der Waals surface area contributed by atoms with Gasteiger partial charge in [0.2, 0.25) is 0 Å². The number of hydrogen-bond donors (Lipinski definition) is 1. The summed E-state index contributed by atoms with van der Waals surface area (Å²) in [6.45, 7) is 1.69. The molecule has 0 saturated carbocycles. The van der Waals surface area contributed by atoms with Gasteiger partial charge in [-0.2, -0.15) is 0 Å². The first-order chi connectivity index (χ1) is 7.09. The van der Waals surface area contributed by atoms with Gasteiger partial charge in [-0.1, -0.05) is 30.4 Å². The number of aliphatic carboxylic acids is 1. The van der Waals surface area contributed by atoms with Crippen molar-refractivity contribution in [1.29, 1.82) is 0 Å². The Morgan fingerprint density at radius 2 is 2.13 bits per heavy atom. The molecule has 0 aliphatic rings. The molecular weight excluding hydrogens is 195 g/mol. The van der Waals surface area contributed by atoms with Gasteiger partial charge in [-0.05, 0) is 24.1 Å². The molecule has 0 aliphatic carbocycles. The quantitative estimate of drug-likeness (QED) is 0.610. The first-order valence-electron chi connectivity index (χ1n) is 4.43. The van der Waals surface area contributed by atoms with Gasteiger partial charge in [-0.25, -0.2) is 9.18 Å². The van der Waals surface area contributed by atoms with Crippen molar-refractivity contribution in [3.8, 4) is 0 Å². The molecule has 0 aromatic heterocycles. The summed E-state index contributed by atoms with van der Waals surface area (Å²) in [5.41, 5.74) is 1.29. The average molecular weight is 206 g/mol. The number of hydrogen-bond acceptors (Lipinski definition) is 1. The summed E-state index contributed by atoms with van der Waals surface area (Å²) in [5, 5.41) is 8.31. The van der Waals surface area contributed by atoms with Crippen LogP contribution in [0, 0.1) is 12.7 Å². The van der Waals surface area contributed by atoms with Gasteiger partial charge in [-0.15, -0.1) is 0 Å². The lowest BCUT2D eigenvalue weighted by Gasteiger charge is -1.96. The zero-order valence-corrected chi connectivity index (χ0v) is 8.27. The third kappa shape index (κ3) is 3.77. The van der Waals surface area contributed by atoms with Crippen molar-refractivity contribution < 1.29 is 14.3 Å². The first kappa shape index (κ1) is 11.2. The van der Waals surface area contributed by atoms with Gasteiger partial charge in [0.05, 0.1) is 0 Å². The molecule has 0 amide bonds. The molecule has 0 spiro atoms. The number of carbonyl (C=O) groups is 1. The van der Waals surface area contributed by atoms with E-state index in [9.17, 15) is 9.18 Å². The van der Waals surface area contributed by atoms with E-state index in [1.165, 1.54) is 12.1 Å². The van der Waals surface area contributed by atoms with Crippen LogP contribution in [0.3, 0.4) is 0 Å². The maximum absolute atomic E-state index is 13.1. The second kappa shape index (κ2) is 5.10. The monoisotopic (exact) mass is 206 g/mol. The van der Waals surface area contributed by atoms with E-state index in [4.69, 9.17) is 5.11 Å². The topological polar surface area (TPSA) is 37.3 Å². The third-order valence-corrected chi connectivity index (χ3v) is 1.83. The molecule has 2 nitrogen and oxygen atoms in total.